The van der Waals surface area contributed by atoms with Gasteiger partial charge in [0.15, 0.2) is 0 Å². The van der Waals surface area contributed by atoms with Gasteiger partial charge in [0.2, 0.25) is 0 Å². The Morgan fingerprint density at radius 2 is 2.00 bits per heavy atom. The van der Waals surface area contributed by atoms with E-state index < -0.39 is 0 Å². The lowest BCUT2D eigenvalue weighted by Gasteiger charge is -2.31. The number of aldehydes is 1. The summed E-state index contributed by atoms with van der Waals surface area (Å²) < 4.78 is 1.21. The van der Waals surface area contributed by atoms with Crippen molar-refractivity contribution in [3.63, 3.8) is 0 Å². The lowest BCUT2D eigenvalue weighted by atomic mass is 9.95. The van der Waals surface area contributed by atoms with Gasteiger partial charge >= 0.3 is 0 Å². The Balaban J connectivity index is 1.81. The zero-order chi connectivity index (χ0) is 18.0. The van der Waals surface area contributed by atoms with Crippen LogP contribution in [0.15, 0.2) is 41.5 Å². The number of rotatable bonds is 4. The molecule has 0 radical (unpaired) electrons. The molecule has 0 aliphatic carbocycles. The first kappa shape index (κ1) is 17.2. The van der Waals surface area contributed by atoms with E-state index in [2.05, 4.69) is 21.5 Å². The highest BCUT2D eigenvalue weighted by atomic mass is 35.5. The first-order valence-corrected chi connectivity index (χ1v) is 8.30. The summed E-state index contributed by atoms with van der Waals surface area (Å²) in [6, 6.07) is 7.59. The molecule has 130 valence electrons. The number of aryl methyl sites for hydroxylation is 1. The number of carbonyl (C=O) groups excluding carboxylic acids is 1. The molecule has 2 aromatic rings. The van der Waals surface area contributed by atoms with Crippen molar-refractivity contribution in [2.75, 3.05) is 18.9 Å². The number of halogens is 1. The Morgan fingerprint density at radius 3 is 2.68 bits per heavy atom. The molecule has 1 aliphatic heterocycles. The van der Waals surface area contributed by atoms with Crippen molar-refractivity contribution in [1.82, 2.24) is 14.7 Å². The van der Waals surface area contributed by atoms with Crippen molar-refractivity contribution in [1.29, 1.82) is 0 Å². The molecule has 0 fully saturated rings. The molecule has 0 spiro atoms. The number of hydrogen-bond donors (Lipinski definition) is 1. The van der Waals surface area contributed by atoms with E-state index in [4.69, 9.17) is 11.6 Å². The van der Waals surface area contributed by atoms with Crippen molar-refractivity contribution in [3.05, 3.63) is 63.2 Å². The number of hydrogen-bond acceptors (Lipinski definition) is 5. The summed E-state index contributed by atoms with van der Waals surface area (Å²) in [6.07, 6.45) is 5.27. The molecule has 1 N–H and O–H groups in total. The third-order valence-electron chi connectivity index (χ3n) is 4.21. The summed E-state index contributed by atoms with van der Waals surface area (Å²) in [5.74, 6) is 0. The molecule has 7 heteroatoms. The quantitative estimate of drug-likeness (QED) is 0.850. The lowest BCUT2D eigenvalue weighted by molar-refractivity contribution is 0.112. The fraction of sp³-hybridized carbons (Fsp3) is 0.278. The van der Waals surface area contributed by atoms with E-state index in [-0.39, 0.29) is 16.6 Å². The van der Waals surface area contributed by atoms with Gasteiger partial charge in [-0.1, -0.05) is 35.9 Å². The topological polar surface area (TPSA) is 67.2 Å². The van der Waals surface area contributed by atoms with Crippen LogP contribution in [0.2, 0.25) is 5.02 Å². The van der Waals surface area contributed by atoms with Gasteiger partial charge in [-0.25, -0.2) is 4.68 Å². The average molecular weight is 359 g/mol. The minimum absolute atomic E-state index is 0.0853. The summed E-state index contributed by atoms with van der Waals surface area (Å²) in [7, 11) is 3.56. The van der Waals surface area contributed by atoms with Gasteiger partial charge in [-0.15, -0.1) is 0 Å². The van der Waals surface area contributed by atoms with E-state index >= 15 is 0 Å². The Hall–Kier alpha value is -2.60. The maximum absolute atomic E-state index is 11.9. The highest BCUT2D eigenvalue weighted by Crippen LogP contribution is 2.27. The molecule has 2 heterocycles. The van der Waals surface area contributed by atoms with E-state index in [1.54, 1.807) is 13.2 Å². The molecule has 1 aliphatic rings. The highest BCUT2D eigenvalue weighted by Gasteiger charge is 2.21. The summed E-state index contributed by atoms with van der Waals surface area (Å²) in [5, 5.41) is 7.48. The minimum Gasteiger partial charge on any atom is -0.378 e. The average Bonchev–Trinajstić information content (AvgIpc) is 2.62. The van der Waals surface area contributed by atoms with Crippen LogP contribution >= 0.6 is 11.6 Å². The zero-order valence-corrected chi connectivity index (χ0v) is 14.8. The van der Waals surface area contributed by atoms with Crippen molar-refractivity contribution in [2.45, 2.75) is 12.5 Å². The second kappa shape index (κ2) is 7.11. The van der Waals surface area contributed by atoms with Crippen LogP contribution in [-0.2, 0) is 7.05 Å². The van der Waals surface area contributed by atoms with Gasteiger partial charge in [0.05, 0.1) is 11.9 Å². The Kier molecular flexibility index (Phi) is 4.90. The van der Waals surface area contributed by atoms with Gasteiger partial charge in [-0.05, 0) is 17.6 Å². The first-order chi connectivity index (χ1) is 12.0. The first-order valence-electron chi connectivity index (χ1n) is 7.93. The molecule has 1 unspecified atom stereocenters. The largest absolute Gasteiger partial charge is 0.378 e. The van der Waals surface area contributed by atoms with Crippen LogP contribution in [0.4, 0.5) is 5.69 Å². The lowest BCUT2D eigenvalue weighted by Crippen LogP contribution is -2.36. The molecule has 0 amide bonds. The number of nitrogens with one attached hydrogen (secondary N) is 1. The normalized spacial score (nSPS) is 17.2. The van der Waals surface area contributed by atoms with Gasteiger partial charge in [-0.2, -0.15) is 5.10 Å². The second-order valence-electron chi connectivity index (χ2n) is 6.18. The van der Waals surface area contributed by atoms with E-state index in [0.717, 1.165) is 30.4 Å². The number of nitrogens with zero attached hydrogens (tertiary/aromatic N) is 3. The maximum Gasteiger partial charge on any atom is 0.287 e. The van der Waals surface area contributed by atoms with Crippen molar-refractivity contribution in [2.24, 2.45) is 7.05 Å². The zero-order valence-electron chi connectivity index (χ0n) is 14.1. The number of likely N-dealkylation sites (N-methyl/N-ethyl adjacent to an activating group) is 1. The maximum atomic E-state index is 11.9. The van der Waals surface area contributed by atoms with Gasteiger partial charge in [0.1, 0.15) is 11.3 Å². The van der Waals surface area contributed by atoms with Crippen LogP contribution in [0.25, 0.3) is 5.57 Å². The highest BCUT2D eigenvalue weighted by molar-refractivity contribution is 6.32. The van der Waals surface area contributed by atoms with Gasteiger partial charge in [-0.3, -0.25) is 9.59 Å². The van der Waals surface area contributed by atoms with Gasteiger partial charge < -0.3 is 10.2 Å². The molecule has 0 saturated carbocycles. The molecule has 1 aromatic carbocycles. The fourth-order valence-electron chi connectivity index (χ4n) is 2.95. The van der Waals surface area contributed by atoms with Crippen molar-refractivity contribution < 1.29 is 4.79 Å². The Labute approximate surface area is 150 Å². The minimum atomic E-state index is -0.323. The summed E-state index contributed by atoms with van der Waals surface area (Å²) in [4.78, 5) is 24.8. The molecule has 6 nitrogen and oxygen atoms in total. The van der Waals surface area contributed by atoms with Crippen LogP contribution in [0.5, 0.6) is 0 Å². The molecule has 0 bridgehead atoms. The van der Waals surface area contributed by atoms with Crippen LogP contribution in [-0.4, -0.2) is 40.6 Å². The molecular formula is C18H19ClN4O2. The van der Waals surface area contributed by atoms with Crippen molar-refractivity contribution in [3.8, 4) is 0 Å². The fourth-order valence-corrected chi connectivity index (χ4v) is 3.17. The molecule has 3 rings (SSSR count). The number of aromatic nitrogens is 2. The number of anilines is 1. The van der Waals surface area contributed by atoms with Crippen molar-refractivity contribution >= 4 is 29.1 Å². The third-order valence-corrected chi connectivity index (χ3v) is 4.57. The van der Waals surface area contributed by atoms with E-state index in [0.29, 0.717) is 11.3 Å². The number of carbonyl (C=O) groups is 1. The SMILES string of the molecule is CN1C=C(c2ccc(C=O)cc2)CC(Nc2cnn(C)c(=O)c2Cl)C1. The Bertz CT molecular complexity index is 874. The molecule has 1 atom stereocenters. The predicted molar refractivity (Wildman–Crippen MR) is 99.0 cm³/mol. The monoisotopic (exact) mass is 358 g/mol. The molecule has 25 heavy (non-hydrogen) atoms. The van der Waals surface area contributed by atoms with E-state index in [1.165, 1.54) is 4.68 Å². The van der Waals surface area contributed by atoms with Crippen LogP contribution in [0.3, 0.4) is 0 Å². The van der Waals surface area contributed by atoms with Crippen LogP contribution < -0.4 is 10.9 Å². The standard InChI is InChI=1S/C18H19ClN4O2/c1-22-9-14(13-5-3-12(11-24)4-6-13)7-15(10-22)21-16-8-20-23(2)18(25)17(16)19/h3-6,8-9,11,15,21H,7,10H2,1-2H3. The molecular weight excluding hydrogens is 340 g/mol. The van der Waals surface area contributed by atoms with E-state index in [1.807, 2.05) is 31.3 Å². The van der Waals surface area contributed by atoms with Crippen LogP contribution in [0.1, 0.15) is 22.3 Å². The predicted octanol–water partition coefficient (Wildman–Crippen LogP) is 2.40. The van der Waals surface area contributed by atoms with Crippen LogP contribution in [0, 0.1) is 0 Å². The van der Waals surface area contributed by atoms with Gasteiger partial charge in [0, 0.05) is 38.4 Å². The summed E-state index contributed by atoms with van der Waals surface area (Å²) in [6.45, 7) is 0.779. The second-order valence-corrected chi connectivity index (χ2v) is 6.56. The third kappa shape index (κ3) is 3.74. The van der Waals surface area contributed by atoms with E-state index in [9.17, 15) is 9.59 Å². The molecule has 0 saturated heterocycles. The molecule has 1 aromatic heterocycles. The summed E-state index contributed by atoms with van der Waals surface area (Å²) in [5.41, 5.74) is 3.09. The van der Waals surface area contributed by atoms with Gasteiger partial charge in [0.25, 0.3) is 5.56 Å². The summed E-state index contributed by atoms with van der Waals surface area (Å²) >= 11 is 6.14. The Morgan fingerprint density at radius 1 is 1.28 bits per heavy atom. The smallest absolute Gasteiger partial charge is 0.287 e. The number of benzene rings is 1.